The van der Waals surface area contributed by atoms with Gasteiger partial charge in [-0.15, -0.1) is 0 Å². The van der Waals surface area contributed by atoms with E-state index in [0.29, 0.717) is 12.6 Å². The number of hydrogen-bond acceptors (Lipinski definition) is 5. The standard InChI is InChI=1S/C10H14FN3O4S/c1-3-12-9-6-7(14(15)16)5-8(11)10(9)19(17,18)13-4-2/h5-6,12-13H,3-4H2,1-2H3. The van der Waals surface area contributed by atoms with Gasteiger partial charge in [0.1, 0.15) is 4.90 Å². The van der Waals surface area contributed by atoms with Gasteiger partial charge >= 0.3 is 0 Å². The molecule has 0 aromatic heterocycles. The average Bonchev–Trinajstić information content (AvgIpc) is 2.27. The van der Waals surface area contributed by atoms with E-state index in [1.807, 2.05) is 0 Å². The maximum Gasteiger partial charge on any atom is 0.274 e. The topological polar surface area (TPSA) is 101 Å². The van der Waals surface area contributed by atoms with Crippen molar-refractivity contribution in [2.45, 2.75) is 18.7 Å². The summed E-state index contributed by atoms with van der Waals surface area (Å²) in [6.07, 6.45) is 0. The highest BCUT2D eigenvalue weighted by Crippen LogP contribution is 2.29. The van der Waals surface area contributed by atoms with Gasteiger partial charge in [-0.3, -0.25) is 10.1 Å². The van der Waals surface area contributed by atoms with E-state index in [1.165, 1.54) is 0 Å². The normalized spacial score (nSPS) is 11.3. The van der Waals surface area contributed by atoms with Crippen LogP contribution in [0.15, 0.2) is 17.0 Å². The third-order valence-electron chi connectivity index (χ3n) is 2.21. The van der Waals surface area contributed by atoms with Crippen LogP contribution in [0.4, 0.5) is 15.8 Å². The minimum atomic E-state index is -4.05. The summed E-state index contributed by atoms with van der Waals surface area (Å²) in [5, 5.41) is 13.3. The summed E-state index contributed by atoms with van der Waals surface area (Å²) >= 11 is 0. The average molecular weight is 291 g/mol. The Bertz CT molecular complexity index is 589. The predicted molar refractivity (Wildman–Crippen MR) is 68.1 cm³/mol. The van der Waals surface area contributed by atoms with E-state index in [0.717, 1.165) is 6.07 Å². The molecule has 0 amide bonds. The maximum atomic E-state index is 13.8. The van der Waals surface area contributed by atoms with Crippen molar-refractivity contribution in [1.29, 1.82) is 0 Å². The highest BCUT2D eigenvalue weighted by Gasteiger charge is 2.26. The van der Waals surface area contributed by atoms with Crippen molar-refractivity contribution in [2.75, 3.05) is 18.4 Å². The van der Waals surface area contributed by atoms with Gasteiger partial charge in [-0.1, -0.05) is 6.92 Å². The second kappa shape index (κ2) is 5.93. The molecule has 0 bridgehead atoms. The van der Waals surface area contributed by atoms with Gasteiger partial charge in [0.05, 0.1) is 16.7 Å². The van der Waals surface area contributed by atoms with Gasteiger partial charge in [0.25, 0.3) is 5.69 Å². The molecular formula is C10H14FN3O4S. The Morgan fingerprint density at radius 3 is 2.42 bits per heavy atom. The van der Waals surface area contributed by atoms with E-state index in [-0.39, 0.29) is 12.2 Å². The molecule has 1 rings (SSSR count). The molecule has 0 aliphatic rings. The summed E-state index contributed by atoms with van der Waals surface area (Å²) in [7, 11) is -4.05. The Balaban J connectivity index is 3.50. The third-order valence-corrected chi connectivity index (χ3v) is 3.83. The second-order valence-electron chi connectivity index (χ2n) is 3.59. The number of nitrogens with one attached hydrogen (secondary N) is 2. The Kier molecular flexibility index (Phi) is 4.78. The maximum absolute atomic E-state index is 13.8. The summed E-state index contributed by atoms with van der Waals surface area (Å²) < 4.78 is 39.7. The number of anilines is 1. The van der Waals surface area contributed by atoms with E-state index in [2.05, 4.69) is 10.0 Å². The van der Waals surface area contributed by atoms with Gasteiger partial charge in [-0.05, 0) is 6.92 Å². The van der Waals surface area contributed by atoms with Crippen LogP contribution in [-0.4, -0.2) is 26.4 Å². The number of halogens is 1. The van der Waals surface area contributed by atoms with Crippen LogP contribution in [0.25, 0.3) is 0 Å². The van der Waals surface area contributed by atoms with Gasteiger partial charge in [0.2, 0.25) is 10.0 Å². The smallest absolute Gasteiger partial charge is 0.274 e. The molecule has 0 heterocycles. The SMILES string of the molecule is CCNc1cc([N+](=O)[O-])cc(F)c1S(=O)(=O)NCC. The van der Waals surface area contributed by atoms with Crippen LogP contribution in [0, 0.1) is 15.9 Å². The zero-order valence-corrected chi connectivity index (χ0v) is 11.3. The molecule has 19 heavy (non-hydrogen) atoms. The first-order valence-corrected chi connectivity index (χ1v) is 7.03. The number of nitro benzene ring substituents is 1. The summed E-state index contributed by atoms with van der Waals surface area (Å²) in [4.78, 5) is 9.25. The first-order chi connectivity index (χ1) is 8.83. The summed E-state index contributed by atoms with van der Waals surface area (Å²) in [5.74, 6) is -1.16. The minimum Gasteiger partial charge on any atom is -0.384 e. The van der Waals surface area contributed by atoms with Crippen LogP contribution in [0.1, 0.15) is 13.8 Å². The molecule has 9 heteroatoms. The van der Waals surface area contributed by atoms with E-state index in [9.17, 15) is 22.9 Å². The minimum absolute atomic E-state index is 0.0876. The lowest BCUT2D eigenvalue weighted by atomic mass is 10.2. The lowest BCUT2D eigenvalue weighted by molar-refractivity contribution is -0.385. The number of hydrogen-bond donors (Lipinski definition) is 2. The van der Waals surface area contributed by atoms with Gasteiger partial charge in [0, 0.05) is 19.2 Å². The summed E-state index contributed by atoms with van der Waals surface area (Å²) in [6, 6.07) is 1.59. The molecule has 0 radical (unpaired) electrons. The molecule has 106 valence electrons. The van der Waals surface area contributed by atoms with Gasteiger partial charge in [-0.2, -0.15) is 0 Å². The molecule has 1 aromatic rings. The van der Waals surface area contributed by atoms with Crippen LogP contribution >= 0.6 is 0 Å². The lowest BCUT2D eigenvalue weighted by Crippen LogP contribution is -2.25. The molecule has 0 unspecified atom stereocenters. The number of rotatable bonds is 6. The van der Waals surface area contributed by atoms with E-state index >= 15 is 0 Å². The van der Waals surface area contributed by atoms with Crippen molar-refractivity contribution in [3.8, 4) is 0 Å². The highest BCUT2D eigenvalue weighted by atomic mass is 32.2. The van der Waals surface area contributed by atoms with Crippen LogP contribution in [0.3, 0.4) is 0 Å². The fourth-order valence-corrected chi connectivity index (χ4v) is 2.80. The van der Waals surface area contributed by atoms with Gasteiger partial charge < -0.3 is 5.32 Å². The number of benzene rings is 1. The lowest BCUT2D eigenvalue weighted by Gasteiger charge is -2.12. The van der Waals surface area contributed by atoms with Gasteiger partial charge in [0.15, 0.2) is 5.82 Å². The monoisotopic (exact) mass is 291 g/mol. The van der Waals surface area contributed by atoms with Crippen molar-refractivity contribution in [1.82, 2.24) is 4.72 Å². The zero-order chi connectivity index (χ0) is 14.6. The number of nitrogens with zero attached hydrogens (tertiary/aromatic N) is 1. The van der Waals surface area contributed by atoms with Crippen LogP contribution in [-0.2, 0) is 10.0 Å². The van der Waals surface area contributed by atoms with Crippen molar-refractivity contribution < 1.29 is 17.7 Å². The van der Waals surface area contributed by atoms with E-state index in [4.69, 9.17) is 0 Å². The first kappa shape index (κ1) is 15.3. The number of nitro groups is 1. The molecule has 0 fully saturated rings. The fraction of sp³-hybridized carbons (Fsp3) is 0.400. The quantitative estimate of drug-likeness (QED) is 0.610. The molecule has 0 saturated heterocycles. The van der Waals surface area contributed by atoms with Crippen molar-refractivity contribution in [3.63, 3.8) is 0 Å². The highest BCUT2D eigenvalue weighted by molar-refractivity contribution is 7.89. The molecule has 0 spiro atoms. The van der Waals surface area contributed by atoms with E-state index < -0.39 is 31.3 Å². The third kappa shape index (κ3) is 3.38. The molecule has 1 aromatic carbocycles. The first-order valence-electron chi connectivity index (χ1n) is 5.55. The number of non-ortho nitro benzene ring substituents is 1. The van der Waals surface area contributed by atoms with Gasteiger partial charge in [-0.25, -0.2) is 17.5 Å². The Morgan fingerprint density at radius 1 is 1.32 bits per heavy atom. The number of sulfonamides is 1. The molecule has 0 atom stereocenters. The van der Waals surface area contributed by atoms with Crippen molar-refractivity contribution in [2.24, 2.45) is 0 Å². The summed E-state index contributed by atoms with van der Waals surface area (Å²) in [6.45, 7) is 3.60. The summed E-state index contributed by atoms with van der Waals surface area (Å²) in [5.41, 5.74) is -0.640. The van der Waals surface area contributed by atoms with Crippen molar-refractivity contribution in [3.05, 3.63) is 28.1 Å². The molecule has 0 saturated carbocycles. The van der Waals surface area contributed by atoms with Crippen LogP contribution in [0.5, 0.6) is 0 Å². The van der Waals surface area contributed by atoms with Crippen LogP contribution < -0.4 is 10.0 Å². The zero-order valence-electron chi connectivity index (χ0n) is 10.4. The molecular weight excluding hydrogens is 277 g/mol. The molecule has 0 aliphatic carbocycles. The fourth-order valence-electron chi connectivity index (χ4n) is 1.54. The Morgan fingerprint density at radius 2 is 1.95 bits per heavy atom. The van der Waals surface area contributed by atoms with Crippen LogP contribution in [0.2, 0.25) is 0 Å². The molecule has 2 N–H and O–H groups in total. The largest absolute Gasteiger partial charge is 0.384 e. The van der Waals surface area contributed by atoms with E-state index in [1.54, 1.807) is 13.8 Å². The Hall–Kier alpha value is -1.74. The molecule has 7 nitrogen and oxygen atoms in total. The second-order valence-corrected chi connectivity index (χ2v) is 5.30. The predicted octanol–water partition coefficient (Wildman–Crippen LogP) is 1.46. The van der Waals surface area contributed by atoms with Crippen molar-refractivity contribution >= 4 is 21.4 Å². The Labute approximate surface area is 110 Å². The molecule has 0 aliphatic heterocycles.